The standard InChI is InChI=1S/C25H24FN3O3/c1-31-23-7-3-2-5-17(23)11-20-14-27-24(32-20)18-6-4-10-29(15-18)25(30)22-12-16-8-9-19(26)13-21(16)28-22/h2-3,5,7-9,12-14,18,28H,4,6,10-11,15H2,1H3. The van der Waals surface area contributed by atoms with Crippen molar-refractivity contribution in [1.82, 2.24) is 14.9 Å². The van der Waals surface area contributed by atoms with E-state index >= 15 is 0 Å². The molecule has 2 aromatic heterocycles. The second-order valence-electron chi connectivity index (χ2n) is 8.16. The number of aromatic amines is 1. The molecule has 1 amide bonds. The lowest BCUT2D eigenvalue weighted by atomic mass is 9.97. The van der Waals surface area contributed by atoms with Crippen LogP contribution >= 0.6 is 0 Å². The zero-order valence-corrected chi connectivity index (χ0v) is 17.8. The Morgan fingerprint density at radius 3 is 3.03 bits per heavy atom. The highest BCUT2D eigenvalue weighted by molar-refractivity contribution is 5.98. The number of ether oxygens (including phenoxy) is 1. The third-order valence-electron chi connectivity index (χ3n) is 6.00. The minimum Gasteiger partial charge on any atom is -0.496 e. The van der Waals surface area contributed by atoms with Crippen molar-refractivity contribution in [2.75, 3.05) is 20.2 Å². The number of nitrogens with zero attached hydrogens (tertiary/aromatic N) is 2. The Bertz CT molecular complexity index is 1260. The number of methoxy groups -OCH3 is 1. The lowest BCUT2D eigenvalue weighted by molar-refractivity contribution is 0.0693. The lowest BCUT2D eigenvalue weighted by Gasteiger charge is -2.31. The van der Waals surface area contributed by atoms with E-state index in [2.05, 4.69) is 9.97 Å². The van der Waals surface area contributed by atoms with Gasteiger partial charge in [-0.25, -0.2) is 9.37 Å². The average molecular weight is 433 g/mol. The number of para-hydroxylation sites is 1. The summed E-state index contributed by atoms with van der Waals surface area (Å²) in [7, 11) is 1.65. The molecule has 4 aromatic rings. The quantitative estimate of drug-likeness (QED) is 0.485. The van der Waals surface area contributed by atoms with Crippen LogP contribution in [0.1, 0.15) is 46.5 Å². The number of halogens is 1. The van der Waals surface area contributed by atoms with Gasteiger partial charge in [0.25, 0.3) is 5.91 Å². The van der Waals surface area contributed by atoms with E-state index in [0.717, 1.165) is 35.3 Å². The average Bonchev–Trinajstić information content (AvgIpc) is 3.46. The fraction of sp³-hybridized carbons (Fsp3) is 0.280. The normalized spacial score (nSPS) is 16.4. The van der Waals surface area contributed by atoms with E-state index < -0.39 is 0 Å². The van der Waals surface area contributed by atoms with Crippen molar-refractivity contribution in [1.29, 1.82) is 0 Å². The summed E-state index contributed by atoms with van der Waals surface area (Å²) in [6.07, 6.45) is 4.14. The van der Waals surface area contributed by atoms with Gasteiger partial charge in [0.15, 0.2) is 5.89 Å². The van der Waals surface area contributed by atoms with Crippen LogP contribution in [-0.4, -0.2) is 41.0 Å². The summed E-state index contributed by atoms with van der Waals surface area (Å²) in [6.45, 7) is 1.21. The highest BCUT2D eigenvalue weighted by Gasteiger charge is 2.29. The molecule has 1 aliphatic heterocycles. The molecule has 1 unspecified atom stereocenters. The number of rotatable bonds is 5. The Morgan fingerprint density at radius 2 is 2.16 bits per heavy atom. The SMILES string of the molecule is COc1ccccc1Cc1cnc(C2CCCN(C(=O)c3cc4ccc(F)cc4[nH]3)C2)o1. The van der Waals surface area contributed by atoms with Gasteiger partial charge in [-0.1, -0.05) is 18.2 Å². The zero-order valence-electron chi connectivity index (χ0n) is 17.8. The van der Waals surface area contributed by atoms with Crippen molar-refractivity contribution >= 4 is 16.8 Å². The van der Waals surface area contributed by atoms with Crippen molar-refractivity contribution in [3.8, 4) is 5.75 Å². The van der Waals surface area contributed by atoms with Crippen LogP contribution in [-0.2, 0) is 6.42 Å². The van der Waals surface area contributed by atoms with Gasteiger partial charge in [0, 0.05) is 36.0 Å². The first-order valence-electron chi connectivity index (χ1n) is 10.7. The van der Waals surface area contributed by atoms with Crippen molar-refractivity contribution in [3.05, 3.63) is 83.5 Å². The van der Waals surface area contributed by atoms with E-state index in [0.29, 0.717) is 36.6 Å². The molecule has 1 N–H and O–H groups in total. The van der Waals surface area contributed by atoms with E-state index in [1.807, 2.05) is 29.2 Å². The maximum atomic E-state index is 13.5. The van der Waals surface area contributed by atoms with E-state index in [9.17, 15) is 9.18 Å². The number of hydrogen-bond acceptors (Lipinski definition) is 4. The van der Waals surface area contributed by atoms with Crippen LogP contribution in [0.5, 0.6) is 5.75 Å². The molecule has 1 atom stereocenters. The van der Waals surface area contributed by atoms with E-state index in [1.165, 1.54) is 12.1 Å². The molecule has 2 aromatic carbocycles. The molecule has 0 aliphatic carbocycles. The summed E-state index contributed by atoms with van der Waals surface area (Å²) in [5.41, 5.74) is 2.12. The van der Waals surface area contributed by atoms with Gasteiger partial charge in [0.05, 0.1) is 19.2 Å². The summed E-state index contributed by atoms with van der Waals surface area (Å²) in [5.74, 6) is 1.87. The number of H-pyrrole nitrogens is 1. The summed E-state index contributed by atoms with van der Waals surface area (Å²) >= 11 is 0. The van der Waals surface area contributed by atoms with Gasteiger partial charge in [-0.15, -0.1) is 0 Å². The number of benzene rings is 2. The molecule has 6 nitrogen and oxygen atoms in total. The number of carbonyl (C=O) groups excluding carboxylic acids is 1. The third-order valence-corrected chi connectivity index (χ3v) is 6.00. The maximum absolute atomic E-state index is 13.5. The zero-order chi connectivity index (χ0) is 22.1. The van der Waals surface area contributed by atoms with Crippen LogP contribution in [0.15, 0.2) is 59.1 Å². The molecule has 1 fully saturated rings. The van der Waals surface area contributed by atoms with Crippen molar-refractivity contribution in [2.24, 2.45) is 0 Å². The number of piperidine rings is 1. The Morgan fingerprint density at radius 1 is 1.28 bits per heavy atom. The number of likely N-dealkylation sites (tertiary alicyclic amines) is 1. The minimum absolute atomic E-state index is 0.0425. The molecular formula is C25H24FN3O3. The van der Waals surface area contributed by atoms with Crippen LogP contribution < -0.4 is 4.74 Å². The van der Waals surface area contributed by atoms with Gasteiger partial charge < -0.3 is 19.0 Å². The van der Waals surface area contributed by atoms with Gasteiger partial charge in [0.1, 0.15) is 23.0 Å². The van der Waals surface area contributed by atoms with Gasteiger partial charge in [0.2, 0.25) is 0 Å². The minimum atomic E-state index is -0.329. The third kappa shape index (κ3) is 3.98. The van der Waals surface area contributed by atoms with Crippen LogP contribution in [0, 0.1) is 5.82 Å². The highest BCUT2D eigenvalue weighted by atomic mass is 19.1. The smallest absolute Gasteiger partial charge is 0.270 e. The highest BCUT2D eigenvalue weighted by Crippen LogP contribution is 2.29. The Hall–Kier alpha value is -3.61. The largest absolute Gasteiger partial charge is 0.496 e. The first-order valence-corrected chi connectivity index (χ1v) is 10.7. The molecule has 164 valence electrons. The monoisotopic (exact) mass is 433 g/mol. The second-order valence-corrected chi connectivity index (χ2v) is 8.16. The van der Waals surface area contributed by atoms with Crippen LogP contribution in [0.2, 0.25) is 0 Å². The molecule has 3 heterocycles. The Kier molecular flexibility index (Phi) is 5.39. The summed E-state index contributed by atoms with van der Waals surface area (Å²) in [5, 5.41) is 0.817. The van der Waals surface area contributed by atoms with Crippen molar-refractivity contribution in [2.45, 2.75) is 25.2 Å². The number of nitrogens with one attached hydrogen (secondary N) is 1. The summed E-state index contributed by atoms with van der Waals surface area (Å²) in [4.78, 5) is 22.5. The van der Waals surface area contributed by atoms with Crippen molar-refractivity contribution in [3.63, 3.8) is 0 Å². The lowest BCUT2D eigenvalue weighted by Crippen LogP contribution is -2.39. The Labute approximate surface area is 185 Å². The van der Waals surface area contributed by atoms with E-state index in [1.54, 1.807) is 25.4 Å². The van der Waals surface area contributed by atoms with Gasteiger partial charge in [-0.2, -0.15) is 0 Å². The van der Waals surface area contributed by atoms with Crippen LogP contribution in [0.25, 0.3) is 10.9 Å². The Balaban J connectivity index is 1.30. The molecular weight excluding hydrogens is 409 g/mol. The predicted molar refractivity (Wildman–Crippen MR) is 118 cm³/mol. The fourth-order valence-electron chi connectivity index (χ4n) is 4.38. The summed E-state index contributed by atoms with van der Waals surface area (Å²) in [6, 6.07) is 14.1. The number of amides is 1. The molecule has 0 saturated carbocycles. The van der Waals surface area contributed by atoms with Crippen LogP contribution in [0.3, 0.4) is 0 Å². The first kappa shape index (κ1) is 20.3. The first-order chi connectivity index (χ1) is 15.6. The maximum Gasteiger partial charge on any atom is 0.270 e. The molecule has 1 saturated heterocycles. The van der Waals surface area contributed by atoms with Gasteiger partial charge in [-0.3, -0.25) is 4.79 Å². The van der Waals surface area contributed by atoms with Crippen molar-refractivity contribution < 1.29 is 18.3 Å². The second kappa shape index (κ2) is 8.49. The molecule has 0 radical (unpaired) electrons. The number of carbonyl (C=O) groups is 1. The molecule has 0 spiro atoms. The van der Waals surface area contributed by atoms with Gasteiger partial charge in [-0.05, 0) is 43.2 Å². The topological polar surface area (TPSA) is 71.4 Å². The number of oxazole rings is 1. The molecule has 7 heteroatoms. The molecule has 32 heavy (non-hydrogen) atoms. The van der Waals surface area contributed by atoms with E-state index in [-0.39, 0.29) is 17.6 Å². The van der Waals surface area contributed by atoms with E-state index in [4.69, 9.17) is 9.15 Å². The predicted octanol–water partition coefficient (Wildman–Crippen LogP) is 4.91. The molecule has 0 bridgehead atoms. The molecule has 5 rings (SSSR count). The fourth-order valence-corrected chi connectivity index (χ4v) is 4.38. The number of fused-ring (bicyclic) bond motifs is 1. The van der Waals surface area contributed by atoms with Gasteiger partial charge >= 0.3 is 0 Å². The number of hydrogen-bond donors (Lipinski definition) is 1. The summed E-state index contributed by atoms with van der Waals surface area (Å²) < 4.78 is 25.0. The van der Waals surface area contributed by atoms with Crippen LogP contribution in [0.4, 0.5) is 4.39 Å². The number of aromatic nitrogens is 2. The molecule has 1 aliphatic rings.